The Labute approximate surface area is 153 Å². The highest BCUT2D eigenvalue weighted by Crippen LogP contribution is 2.36. The molecular formula is C18H17N3O4S. The van der Waals surface area contributed by atoms with Gasteiger partial charge in [-0.15, -0.1) is 0 Å². The lowest BCUT2D eigenvalue weighted by Crippen LogP contribution is -2.11. The molecule has 7 nitrogen and oxygen atoms in total. The van der Waals surface area contributed by atoms with Crippen LogP contribution in [0, 0.1) is 0 Å². The van der Waals surface area contributed by atoms with Gasteiger partial charge in [0.2, 0.25) is 0 Å². The highest BCUT2D eigenvalue weighted by Gasteiger charge is 2.25. The summed E-state index contributed by atoms with van der Waals surface area (Å²) in [6.07, 6.45) is 0. The maximum absolute atomic E-state index is 12.3. The van der Waals surface area contributed by atoms with Crippen LogP contribution in [0.15, 0.2) is 47.6 Å². The molecule has 0 saturated heterocycles. The number of benzene rings is 2. The van der Waals surface area contributed by atoms with Gasteiger partial charge in [0.05, 0.1) is 25.3 Å². The lowest BCUT2D eigenvalue weighted by molar-refractivity contribution is -0.140. The SMILES string of the molecule is COC(=O)C(Sc1nc2c(C(N)=O)cccc2[nH]1)c1ccc(OC)cc1. The number of aromatic nitrogens is 2. The van der Waals surface area contributed by atoms with E-state index in [1.165, 1.54) is 18.9 Å². The number of carbonyl (C=O) groups excluding carboxylic acids is 2. The van der Waals surface area contributed by atoms with Crippen molar-refractivity contribution in [3.8, 4) is 5.75 Å². The number of primary amides is 1. The zero-order chi connectivity index (χ0) is 18.7. The average Bonchev–Trinajstić information content (AvgIpc) is 3.08. The fourth-order valence-electron chi connectivity index (χ4n) is 2.51. The molecule has 0 fully saturated rings. The predicted molar refractivity (Wildman–Crippen MR) is 98.2 cm³/mol. The van der Waals surface area contributed by atoms with Crippen molar-refractivity contribution in [2.45, 2.75) is 10.4 Å². The van der Waals surface area contributed by atoms with Crippen LogP contribution in [0.2, 0.25) is 0 Å². The summed E-state index contributed by atoms with van der Waals surface area (Å²) in [6.45, 7) is 0. The smallest absolute Gasteiger partial charge is 0.323 e. The summed E-state index contributed by atoms with van der Waals surface area (Å²) in [6, 6.07) is 12.3. The fourth-order valence-corrected chi connectivity index (χ4v) is 3.54. The molecule has 1 unspecified atom stereocenters. The summed E-state index contributed by atoms with van der Waals surface area (Å²) in [4.78, 5) is 31.4. The number of esters is 1. The molecule has 3 aromatic rings. The molecule has 0 saturated carbocycles. The summed E-state index contributed by atoms with van der Waals surface area (Å²) < 4.78 is 10.1. The number of hydrogen-bond acceptors (Lipinski definition) is 6. The monoisotopic (exact) mass is 371 g/mol. The van der Waals surface area contributed by atoms with Crippen molar-refractivity contribution in [2.75, 3.05) is 14.2 Å². The van der Waals surface area contributed by atoms with Gasteiger partial charge in [0.15, 0.2) is 5.16 Å². The second-order valence-corrected chi connectivity index (χ2v) is 6.50. The Kier molecular flexibility index (Phi) is 5.13. The molecule has 2 aromatic carbocycles. The van der Waals surface area contributed by atoms with Gasteiger partial charge in [0, 0.05) is 0 Å². The third kappa shape index (κ3) is 3.50. The lowest BCUT2D eigenvalue weighted by Gasteiger charge is -2.13. The maximum atomic E-state index is 12.3. The molecule has 1 aromatic heterocycles. The molecular weight excluding hydrogens is 354 g/mol. The van der Waals surface area contributed by atoms with Crippen molar-refractivity contribution in [2.24, 2.45) is 5.73 Å². The number of carbonyl (C=O) groups is 2. The second kappa shape index (κ2) is 7.49. The van der Waals surface area contributed by atoms with Crippen molar-refractivity contribution < 1.29 is 19.1 Å². The zero-order valence-electron chi connectivity index (χ0n) is 14.2. The van der Waals surface area contributed by atoms with Gasteiger partial charge in [-0.1, -0.05) is 30.0 Å². The normalized spacial score (nSPS) is 11.9. The molecule has 0 aliphatic rings. The first-order valence-corrected chi connectivity index (χ1v) is 8.58. The van der Waals surface area contributed by atoms with E-state index in [1.807, 2.05) is 0 Å². The molecule has 1 atom stereocenters. The number of imidazole rings is 1. The van der Waals surface area contributed by atoms with Crippen molar-refractivity contribution in [3.05, 3.63) is 53.6 Å². The van der Waals surface area contributed by atoms with Gasteiger partial charge < -0.3 is 20.2 Å². The predicted octanol–water partition coefficient (Wildman–Crippen LogP) is 2.68. The number of nitrogens with two attached hydrogens (primary N) is 1. The van der Waals surface area contributed by atoms with Crippen molar-refractivity contribution >= 4 is 34.7 Å². The first-order valence-electron chi connectivity index (χ1n) is 7.70. The third-order valence-electron chi connectivity index (χ3n) is 3.82. The number of H-pyrrole nitrogens is 1. The number of nitrogens with one attached hydrogen (secondary N) is 1. The number of ether oxygens (including phenoxy) is 2. The second-order valence-electron chi connectivity index (χ2n) is 5.40. The molecule has 26 heavy (non-hydrogen) atoms. The maximum Gasteiger partial charge on any atom is 0.323 e. The third-order valence-corrected chi connectivity index (χ3v) is 4.94. The Balaban J connectivity index is 1.96. The molecule has 0 bridgehead atoms. The van der Waals surface area contributed by atoms with E-state index in [0.29, 0.717) is 27.5 Å². The standard InChI is InChI=1S/C18H17N3O4S/c1-24-11-8-6-10(7-9-11)15(17(23)25-2)26-18-20-13-5-3-4-12(16(19)22)14(13)21-18/h3-9,15H,1-2H3,(H2,19,22)(H,20,21). The number of para-hydroxylation sites is 1. The van der Waals surface area contributed by atoms with E-state index in [-0.39, 0.29) is 0 Å². The van der Waals surface area contributed by atoms with Gasteiger partial charge in [0.25, 0.3) is 5.91 Å². The molecule has 0 spiro atoms. The van der Waals surface area contributed by atoms with Crippen LogP contribution in [0.4, 0.5) is 0 Å². The van der Waals surface area contributed by atoms with E-state index in [2.05, 4.69) is 9.97 Å². The van der Waals surface area contributed by atoms with Gasteiger partial charge >= 0.3 is 5.97 Å². The summed E-state index contributed by atoms with van der Waals surface area (Å²) in [5.41, 5.74) is 7.61. The number of amides is 1. The lowest BCUT2D eigenvalue weighted by atomic mass is 10.1. The van der Waals surface area contributed by atoms with E-state index in [4.69, 9.17) is 15.2 Å². The van der Waals surface area contributed by atoms with Gasteiger partial charge in [-0.2, -0.15) is 0 Å². The summed E-state index contributed by atoms with van der Waals surface area (Å²) in [7, 11) is 2.91. The fraction of sp³-hybridized carbons (Fsp3) is 0.167. The number of hydrogen-bond donors (Lipinski definition) is 2. The number of methoxy groups -OCH3 is 2. The van der Waals surface area contributed by atoms with Gasteiger partial charge in [0.1, 0.15) is 16.5 Å². The Morgan fingerprint density at radius 2 is 1.88 bits per heavy atom. The minimum Gasteiger partial charge on any atom is -0.497 e. The van der Waals surface area contributed by atoms with Crippen LogP contribution in [0.3, 0.4) is 0 Å². The van der Waals surface area contributed by atoms with Gasteiger partial charge in [-0.25, -0.2) is 4.98 Å². The molecule has 0 aliphatic heterocycles. The number of thioether (sulfide) groups is 1. The minimum absolute atomic E-state index is 0.324. The van der Waals surface area contributed by atoms with Crippen LogP contribution >= 0.6 is 11.8 Å². The number of fused-ring (bicyclic) bond motifs is 1. The zero-order valence-corrected chi connectivity index (χ0v) is 15.0. The molecule has 0 aliphatic carbocycles. The molecule has 134 valence electrons. The van der Waals surface area contributed by atoms with Crippen molar-refractivity contribution in [1.82, 2.24) is 9.97 Å². The highest BCUT2D eigenvalue weighted by atomic mass is 32.2. The van der Waals surface area contributed by atoms with Gasteiger partial charge in [-0.3, -0.25) is 9.59 Å². The molecule has 0 radical (unpaired) electrons. The van der Waals surface area contributed by atoms with Gasteiger partial charge in [-0.05, 0) is 29.8 Å². The van der Waals surface area contributed by atoms with E-state index in [9.17, 15) is 9.59 Å². The van der Waals surface area contributed by atoms with Crippen LogP contribution in [0.1, 0.15) is 21.2 Å². The molecule has 8 heteroatoms. The van der Waals surface area contributed by atoms with Crippen molar-refractivity contribution in [1.29, 1.82) is 0 Å². The largest absolute Gasteiger partial charge is 0.497 e. The van der Waals surface area contributed by atoms with E-state index in [1.54, 1.807) is 49.6 Å². The number of aromatic amines is 1. The van der Waals surface area contributed by atoms with E-state index >= 15 is 0 Å². The molecule has 3 N–H and O–H groups in total. The quantitative estimate of drug-likeness (QED) is 0.509. The summed E-state index contributed by atoms with van der Waals surface area (Å²) in [5, 5.41) is -0.136. The van der Waals surface area contributed by atoms with E-state index in [0.717, 1.165) is 5.56 Å². The Hall–Kier alpha value is -3.00. The number of rotatable bonds is 6. The first-order chi connectivity index (χ1) is 12.5. The van der Waals surface area contributed by atoms with Crippen LogP contribution in [0.5, 0.6) is 5.75 Å². The van der Waals surface area contributed by atoms with E-state index < -0.39 is 17.1 Å². The number of nitrogens with zero attached hydrogens (tertiary/aromatic N) is 1. The van der Waals surface area contributed by atoms with Crippen LogP contribution < -0.4 is 10.5 Å². The molecule has 1 heterocycles. The highest BCUT2D eigenvalue weighted by molar-refractivity contribution is 8.00. The topological polar surface area (TPSA) is 107 Å². The van der Waals surface area contributed by atoms with Crippen LogP contribution in [-0.4, -0.2) is 36.1 Å². The van der Waals surface area contributed by atoms with Crippen LogP contribution in [0.25, 0.3) is 11.0 Å². The Bertz CT molecular complexity index is 953. The van der Waals surface area contributed by atoms with Crippen LogP contribution in [-0.2, 0) is 9.53 Å². The molecule has 3 rings (SSSR count). The minimum atomic E-state index is -0.622. The van der Waals surface area contributed by atoms with Crippen molar-refractivity contribution in [3.63, 3.8) is 0 Å². The Morgan fingerprint density at radius 3 is 2.50 bits per heavy atom. The Morgan fingerprint density at radius 1 is 1.15 bits per heavy atom. The first kappa shape index (κ1) is 17.8. The summed E-state index contributed by atoms with van der Waals surface area (Å²) in [5.74, 6) is -0.272. The summed E-state index contributed by atoms with van der Waals surface area (Å²) >= 11 is 1.20. The average molecular weight is 371 g/mol. The molecule has 1 amide bonds.